The van der Waals surface area contributed by atoms with E-state index in [1.165, 1.54) is 5.56 Å². The number of ether oxygens (including phenoxy) is 1. The summed E-state index contributed by atoms with van der Waals surface area (Å²) in [4.78, 5) is 0. The summed E-state index contributed by atoms with van der Waals surface area (Å²) >= 11 is 6.48. The number of alkyl halides is 1. The quantitative estimate of drug-likeness (QED) is 0.685. The molecule has 0 heterocycles. The molecule has 0 aliphatic carbocycles. The largest absolute Gasteiger partial charge is 0.496 e. The van der Waals surface area contributed by atoms with Crippen molar-refractivity contribution in [2.24, 2.45) is 5.41 Å². The van der Waals surface area contributed by atoms with Gasteiger partial charge in [0.15, 0.2) is 0 Å². The minimum Gasteiger partial charge on any atom is -0.496 e. The third-order valence-electron chi connectivity index (χ3n) is 2.74. The average molecular weight is 241 g/mol. The predicted octanol–water partition coefficient (Wildman–Crippen LogP) is 4.64. The Hall–Kier alpha value is -0.690. The number of benzene rings is 1. The van der Waals surface area contributed by atoms with E-state index < -0.39 is 0 Å². The molecule has 1 nitrogen and oxygen atoms in total. The van der Waals surface area contributed by atoms with Crippen molar-refractivity contribution in [2.45, 2.75) is 40.0 Å². The maximum absolute atomic E-state index is 6.48. The Morgan fingerprint density at radius 2 is 1.56 bits per heavy atom. The van der Waals surface area contributed by atoms with E-state index in [1.807, 2.05) is 0 Å². The Bertz CT molecular complexity index is 354. The molecular weight excluding hydrogens is 220 g/mol. The van der Waals surface area contributed by atoms with E-state index in [2.05, 4.69) is 46.8 Å². The Morgan fingerprint density at radius 1 is 1.12 bits per heavy atom. The molecule has 1 aromatic rings. The number of aryl methyl sites for hydroxylation is 2. The highest BCUT2D eigenvalue weighted by Crippen LogP contribution is 2.40. The van der Waals surface area contributed by atoms with Gasteiger partial charge in [-0.1, -0.05) is 32.9 Å². The summed E-state index contributed by atoms with van der Waals surface area (Å²) in [6.45, 7) is 10.6. The van der Waals surface area contributed by atoms with Crippen molar-refractivity contribution in [1.29, 1.82) is 0 Å². The van der Waals surface area contributed by atoms with Gasteiger partial charge >= 0.3 is 0 Å². The number of rotatable bonds is 2. The van der Waals surface area contributed by atoms with Gasteiger partial charge in [0.1, 0.15) is 5.75 Å². The standard InChI is InChI=1S/C14H21ClO/c1-9-7-11(13(15)14(3,4)5)8-10(2)12(9)16-6/h7-8,13H,1-6H3. The topological polar surface area (TPSA) is 9.23 Å². The summed E-state index contributed by atoms with van der Waals surface area (Å²) in [5.41, 5.74) is 3.53. The lowest BCUT2D eigenvalue weighted by molar-refractivity contribution is 0.392. The zero-order chi connectivity index (χ0) is 12.5. The van der Waals surface area contributed by atoms with Crippen LogP contribution in [-0.2, 0) is 0 Å². The zero-order valence-electron chi connectivity index (χ0n) is 11.0. The van der Waals surface area contributed by atoms with Crippen molar-refractivity contribution in [3.8, 4) is 5.75 Å². The molecule has 0 spiro atoms. The van der Waals surface area contributed by atoms with Crippen LogP contribution in [0.2, 0.25) is 0 Å². The van der Waals surface area contributed by atoms with Crippen molar-refractivity contribution < 1.29 is 4.74 Å². The summed E-state index contributed by atoms with van der Waals surface area (Å²) in [5, 5.41) is 0.0239. The second-order valence-corrected chi connectivity index (χ2v) is 5.85. The lowest BCUT2D eigenvalue weighted by Crippen LogP contribution is -2.13. The van der Waals surface area contributed by atoms with Gasteiger partial charge in [0.2, 0.25) is 0 Å². The maximum atomic E-state index is 6.48. The van der Waals surface area contributed by atoms with E-state index in [4.69, 9.17) is 16.3 Å². The van der Waals surface area contributed by atoms with E-state index in [-0.39, 0.29) is 10.8 Å². The van der Waals surface area contributed by atoms with Crippen molar-refractivity contribution in [3.05, 3.63) is 28.8 Å². The van der Waals surface area contributed by atoms with Crippen LogP contribution in [0.5, 0.6) is 5.75 Å². The average Bonchev–Trinajstić information content (AvgIpc) is 2.14. The van der Waals surface area contributed by atoms with Crippen LogP contribution < -0.4 is 4.74 Å². The highest BCUT2D eigenvalue weighted by Gasteiger charge is 2.24. The summed E-state index contributed by atoms with van der Waals surface area (Å²) < 4.78 is 5.35. The van der Waals surface area contributed by atoms with Gasteiger partial charge in [0, 0.05) is 0 Å². The van der Waals surface area contributed by atoms with E-state index in [1.54, 1.807) is 7.11 Å². The van der Waals surface area contributed by atoms with Gasteiger partial charge in [-0.3, -0.25) is 0 Å². The molecule has 0 saturated heterocycles. The molecule has 16 heavy (non-hydrogen) atoms. The van der Waals surface area contributed by atoms with Crippen LogP contribution in [0.3, 0.4) is 0 Å². The van der Waals surface area contributed by atoms with Crippen molar-refractivity contribution in [3.63, 3.8) is 0 Å². The van der Waals surface area contributed by atoms with Gasteiger partial charge in [-0.15, -0.1) is 11.6 Å². The zero-order valence-corrected chi connectivity index (χ0v) is 11.8. The third-order valence-corrected chi connectivity index (χ3v) is 3.65. The molecule has 0 N–H and O–H groups in total. The Morgan fingerprint density at radius 3 is 1.88 bits per heavy atom. The monoisotopic (exact) mass is 240 g/mol. The van der Waals surface area contributed by atoms with E-state index in [9.17, 15) is 0 Å². The number of halogens is 1. The molecule has 1 atom stereocenters. The SMILES string of the molecule is COc1c(C)cc(C(Cl)C(C)(C)C)cc1C. The molecule has 1 unspecified atom stereocenters. The molecule has 0 aromatic heterocycles. The minimum absolute atomic E-state index is 0.0239. The molecular formula is C14H21ClO. The maximum Gasteiger partial charge on any atom is 0.124 e. The molecule has 0 aliphatic rings. The van der Waals surface area contributed by atoms with Gasteiger partial charge in [-0.2, -0.15) is 0 Å². The van der Waals surface area contributed by atoms with Crippen LogP contribution in [0.15, 0.2) is 12.1 Å². The molecule has 1 aromatic carbocycles. The molecule has 2 heteroatoms. The highest BCUT2D eigenvalue weighted by molar-refractivity contribution is 6.21. The molecule has 0 saturated carbocycles. The summed E-state index contributed by atoms with van der Waals surface area (Å²) in [6, 6.07) is 4.24. The summed E-state index contributed by atoms with van der Waals surface area (Å²) in [6.07, 6.45) is 0. The number of methoxy groups -OCH3 is 1. The highest BCUT2D eigenvalue weighted by atomic mass is 35.5. The molecule has 0 radical (unpaired) electrons. The number of hydrogen-bond donors (Lipinski definition) is 0. The van der Waals surface area contributed by atoms with Crippen molar-refractivity contribution in [1.82, 2.24) is 0 Å². The number of hydrogen-bond acceptors (Lipinski definition) is 1. The Labute approximate surface area is 104 Å². The Kier molecular flexibility index (Phi) is 3.90. The fraction of sp³-hybridized carbons (Fsp3) is 0.571. The Balaban J connectivity index is 3.19. The second-order valence-electron chi connectivity index (χ2n) is 5.42. The first kappa shape index (κ1) is 13.4. The smallest absolute Gasteiger partial charge is 0.124 e. The van der Waals surface area contributed by atoms with Crippen LogP contribution in [0.4, 0.5) is 0 Å². The van der Waals surface area contributed by atoms with Gasteiger partial charge in [0.05, 0.1) is 12.5 Å². The van der Waals surface area contributed by atoms with Gasteiger partial charge < -0.3 is 4.74 Å². The molecule has 0 bridgehead atoms. The molecule has 90 valence electrons. The first-order valence-corrected chi connectivity index (χ1v) is 6.00. The molecule has 0 fully saturated rings. The van der Waals surface area contributed by atoms with Crippen LogP contribution in [0.25, 0.3) is 0 Å². The van der Waals surface area contributed by atoms with Gasteiger partial charge in [-0.05, 0) is 36.0 Å². The minimum atomic E-state index is 0.0239. The molecule has 0 amide bonds. The van der Waals surface area contributed by atoms with E-state index in [0.717, 1.165) is 16.9 Å². The van der Waals surface area contributed by atoms with Crippen LogP contribution in [-0.4, -0.2) is 7.11 Å². The molecule has 0 aliphatic heterocycles. The van der Waals surface area contributed by atoms with Gasteiger partial charge in [-0.25, -0.2) is 0 Å². The first-order valence-electron chi connectivity index (χ1n) is 5.56. The fourth-order valence-corrected chi connectivity index (χ4v) is 2.08. The van der Waals surface area contributed by atoms with Crippen molar-refractivity contribution in [2.75, 3.05) is 7.11 Å². The lowest BCUT2D eigenvalue weighted by Gasteiger charge is -2.26. The predicted molar refractivity (Wildman–Crippen MR) is 70.5 cm³/mol. The first-order chi connectivity index (χ1) is 7.27. The molecule has 1 rings (SSSR count). The third kappa shape index (κ3) is 2.70. The van der Waals surface area contributed by atoms with Gasteiger partial charge in [0.25, 0.3) is 0 Å². The van der Waals surface area contributed by atoms with Crippen molar-refractivity contribution >= 4 is 11.6 Å². The van der Waals surface area contributed by atoms with Crippen LogP contribution >= 0.6 is 11.6 Å². The van der Waals surface area contributed by atoms with Crippen LogP contribution in [0.1, 0.15) is 42.8 Å². The lowest BCUT2D eigenvalue weighted by atomic mass is 9.86. The summed E-state index contributed by atoms with van der Waals surface area (Å²) in [7, 11) is 1.71. The fourth-order valence-electron chi connectivity index (χ4n) is 1.95. The second kappa shape index (κ2) is 4.67. The van der Waals surface area contributed by atoms with Crippen LogP contribution in [0, 0.1) is 19.3 Å². The van der Waals surface area contributed by atoms with E-state index >= 15 is 0 Å². The summed E-state index contributed by atoms with van der Waals surface area (Å²) in [5.74, 6) is 0.960. The van der Waals surface area contributed by atoms with E-state index in [0.29, 0.717) is 0 Å². The normalized spacial score (nSPS) is 13.7.